The molecule has 2 aromatic carbocycles. The maximum absolute atomic E-state index is 9.97. The summed E-state index contributed by atoms with van der Waals surface area (Å²) in [5, 5.41) is 9.97. The summed E-state index contributed by atoms with van der Waals surface area (Å²) >= 11 is 0. The van der Waals surface area contributed by atoms with Gasteiger partial charge in [-0.15, -0.1) is 6.58 Å². The van der Waals surface area contributed by atoms with Crippen LogP contribution in [0.2, 0.25) is 0 Å². The monoisotopic (exact) mass is 298 g/mol. The van der Waals surface area contributed by atoms with Crippen LogP contribution in [-0.2, 0) is 12.8 Å². The fourth-order valence-corrected chi connectivity index (χ4v) is 2.60. The van der Waals surface area contributed by atoms with Gasteiger partial charge in [0.2, 0.25) is 0 Å². The van der Waals surface area contributed by atoms with Crippen molar-refractivity contribution in [3.63, 3.8) is 0 Å². The number of hydrogen-bond acceptors (Lipinski definition) is 1. The molecule has 0 aromatic heterocycles. The molecule has 0 spiro atoms. The van der Waals surface area contributed by atoms with Gasteiger partial charge in [0.05, 0.1) is 2.74 Å². The summed E-state index contributed by atoms with van der Waals surface area (Å²) in [5.74, 6) is 0. The molecule has 116 valence electrons. The first-order chi connectivity index (χ1) is 12.0. The van der Waals surface area contributed by atoms with E-state index in [9.17, 15) is 5.11 Å². The third-order valence-electron chi connectivity index (χ3n) is 3.98. The number of hydrogen-bond donors (Lipinski definition) is 1. The average molecular weight is 298 g/mol. The minimum Gasteiger partial charge on any atom is -0.396 e. The number of allylic oxidation sites excluding steroid dienone is 1. The Labute approximate surface area is 139 Å². The van der Waals surface area contributed by atoms with Crippen molar-refractivity contribution in [3.8, 4) is 0 Å². The molecule has 0 aliphatic heterocycles. The Bertz CT molecular complexity index is 696. The van der Waals surface area contributed by atoms with E-state index in [4.69, 9.17) is 5.48 Å². The fraction of sp³-hybridized carbons (Fsp3) is 0.333. The topological polar surface area (TPSA) is 20.2 Å². The van der Waals surface area contributed by atoms with Crippen molar-refractivity contribution in [3.05, 3.63) is 83.4 Å². The number of rotatable bonds is 7. The summed E-state index contributed by atoms with van der Waals surface area (Å²) < 4.78 is 32.3. The van der Waals surface area contributed by atoms with Crippen LogP contribution in [0, 0.1) is 19.3 Å². The normalized spacial score (nSPS) is 15.4. The van der Waals surface area contributed by atoms with Crippen LogP contribution in [0.3, 0.4) is 0 Å². The van der Waals surface area contributed by atoms with E-state index < -0.39 is 18.3 Å². The standard InChI is InChI=1S/C21H26O/c1-4-21(13-14-22,15-19-9-5-17(2)6-10-19)16-20-11-7-18(3)8-12-20/h4-12,22H,1,13-16H2,2-3H3/i13D2,14D2. The molecule has 0 unspecified atom stereocenters. The van der Waals surface area contributed by atoms with Gasteiger partial charge in [0.1, 0.15) is 0 Å². The van der Waals surface area contributed by atoms with Crippen molar-refractivity contribution in [1.29, 1.82) is 0 Å². The summed E-state index contributed by atoms with van der Waals surface area (Å²) in [7, 11) is 0. The molecule has 2 aromatic rings. The molecular weight excluding hydrogens is 268 g/mol. The van der Waals surface area contributed by atoms with Gasteiger partial charge in [0.25, 0.3) is 0 Å². The van der Waals surface area contributed by atoms with Crippen LogP contribution >= 0.6 is 0 Å². The van der Waals surface area contributed by atoms with Gasteiger partial charge in [-0.2, -0.15) is 0 Å². The van der Waals surface area contributed by atoms with Crippen LogP contribution in [0.5, 0.6) is 0 Å². The third kappa shape index (κ3) is 4.32. The largest absolute Gasteiger partial charge is 0.396 e. The molecule has 0 aliphatic carbocycles. The Hall–Kier alpha value is -1.86. The molecule has 0 bridgehead atoms. The number of aliphatic hydroxyl groups is 1. The molecular formula is C21H26O. The molecule has 0 saturated carbocycles. The summed E-state index contributed by atoms with van der Waals surface area (Å²) in [6.45, 7) is 4.77. The maximum atomic E-state index is 9.97. The first kappa shape index (κ1) is 11.7. The van der Waals surface area contributed by atoms with E-state index in [0.717, 1.165) is 22.3 Å². The van der Waals surface area contributed by atoms with E-state index in [1.165, 1.54) is 6.08 Å². The van der Waals surface area contributed by atoms with Gasteiger partial charge < -0.3 is 5.11 Å². The fourth-order valence-electron chi connectivity index (χ4n) is 2.60. The van der Waals surface area contributed by atoms with Crippen LogP contribution in [0.1, 0.15) is 34.1 Å². The molecule has 1 heteroatoms. The molecule has 22 heavy (non-hydrogen) atoms. The Balaban J connectivity index is 2.52. The van der Waals surface area contributed by atoms with Gasteiger partial charge in [-0.1, -0.05) is 65.7 Å². The molecule has 0 aliphatic rings. The zero-order chi connectivity index (χ0) is 19.6. The van der Waals surface area contributed by atoms with Crippen molar-refractivity contribution >= 4 is 0 Å². The summed E-state index contributed by atoms with van der Waals surface area (Å²) in [6.07, 6.45) is -0.603. The maximum Gasteiger partial charge on any atom is 0.0564 e. The molecule has 0 atom stereocenters. The van der Waals surface area contributed by atoms with Crippen molar-refractivity contribution < 1.29 is 10.6 Å². The third-order valence-corrected chi connectivity index (χ3v) is 3.98. The smallest absolute Gasteiger partial charge is 0.0564 e. The summed E-state index contributed by atoms with van der Waals surface area (Å²) in [4.78, 5) is 0. The van der Waals surface area contributed by atoms with Gasteiger partial charge in [-0.05, 0) is 49.6 Å². The lowest BCUT2D eigenvalue weighted by molar-refractivity contribution is 0.217. The highest BCUT2D eigenvalue weighted by molar-refractivity contribution is 5.27. The lowest BCUT2D eigenvalue weighted by Gasteiger charge is -2.30. The van der Waals surface area contributed by atoms with Crippen molar-refractivity contribution in [2.75, 3.05) is 6.56 Å². The van der Waals surface area contributed by atoms with Crippen LogP contribution in [0.15, 0.2) is 61.2 Å². The molecule has 0 heterocycles. The second-order valence-corrected chi connectivity index (χ2v) is 5.92. The summed E-state index contributed by atoms with van der Waals surface area (Å²) in [5.41, 5.74) is 2.62. The van der Waals surface area contributed by atoms with E-state index in [2.05, 4.69) is 6.58 Å². The van der Waals surface area contributed by atoms with E-state index in [1.54, 1.807) is 0 Å². The lowest BCUT2D eigenvalue weighted by atomic mass is 9.74. The minimum atomic E-state index is -3.00. The Morgan fingerprint density at radius 1 is 0.955 bits per heavy atom. The van der Waals surface area contributed by atoms with Gasteiger partial charge >= 0.3 is 0 Å². The zero-order valence-corrected chi connectivity index (χ0v) is 13.3. The average Bonchev–Trinajstić information content (AvgIpc) is 2.57. The highest BCUT2D eigenvalue weighted by atomic mass is 16.3. The van der Waals surface area contributed by atoms with E-state index in [1.807, 2.05) is 62.4 Å². The van der Waals surface area contributed by atoms with Crippen LogP contribution < -0.4 is 0 Å². The first-order valence-corrected chi connectivity index (χ1v) is 7.48. The minimum absolute atomic E-state index is 0.234. The van der Waals surface area contributed by atoms with Crippen molar-refractivity contribution in [1.82, 2.24) is 0 Å². The molecule has 0 amide bonds. The van der Waals surface area contributed by atoms with Gasteiger partial charge in [-0.25, -0.2) is 0 Å². The Kier molecular flexibility index (Phi) is 3.94. The summed E-state index contributed by atoms with van der Waals surface area (Å²) in [6, 6.07) is 15.4. The van der Waals surface area contributed by atoms with Crippen molar-refractivity contribution in [2.45, 2.75) is 33.1 Å². The second kappa shape index (κ2) is 7.42. The first-order valence-electron chi connectivity index (χ1n) is 9.48. The van der Waals surface area contributed by atoms with E-state index >= 15 is 0 Å². The van der Waals surface area contributed by atoms with E-state index in [0.29, 0.717) is 0 Å². The Morgan fingerprint density at radius 3 is 1.68 bits per heavy atom. The van der Waals surface area contributed by atoms with Crippen LogP contribution in [0.4, 0.5) is 0 Å². The molecule has 0 saturated heterocycles. The molecule has 1 N–H and O–H groups in total. The highest BCUT2D eigenvalue weighted by Gasteiger charge is 2.27. The Morgan fingerprint density at radius 2 is 1.36 bits per heavy atom. The SMILES string of the molecule is [2H]C([2H])(O)C([2H])([2H])C(C=C)(Cc1ccc(C)cc1)Cc1ccc(C)cc1. The second-order valence-electron chi connectivity index (χ2n) is 5.92. The molecule has 2 rings (SSSR count). The van der Waals surface area contributed by atoms with Gasteiger partial charge in [0, 0.05) is 9.30 Å². The van der Waals surface area contributed by atoms with Gasteiger partial charge in [-0.3, -0.25) is 0 Å². The van der Waals surface area contributed by atoms with E-state index in [-0.39, 0.29) is 12.8 Å². The van der Waals surface area contributed by atoms with Gasteiger partial charge in [0.15, 0.2) is 0 Å². The van der Waals surface area contributed by atoms with Crippen LogP contribution in [0.25, 0.3) is 0 Å². The van der Waals surface area contributed by atoms with Crippen molar-refractivity contribution in [2.24, 2.45) is 5.41 Å². The number of aryl methyl sites for hydroxylation is 2. The number of benzene rings is 2. The molecule has 0 fully saturated rings. The predicted octanol–water partition coefficient (Wildman–Crippen LogP) is 4.64. The highest BCUT2D eigenvalue weighted by Crippen LogP contribution is 2.33. The lowest BCUT2D eigenvalue weighted by Crippen LogP contribution is -2.25. The van der Waals surface area contributed by atoms with Crippen LogP contribution in [-0.4, -0.2) is 11.7 Å². The molecule has 1 nitrogen and oxygen atoms in total. The quantitative estimate of drug-likeness (QED) is 0.738. The predicted molar refractivity (Wildman–Crippen MR) is 94.1 cm³/mol. The zero-order valence-electron chi connectivity index (χ0n) is 17.3. The molecule has 0 radical (unpaired) electrons.